The van der Waals surface area contributed by atoms with Gasteiger partial charge in [-0.05, 0) is 48.1 Å². The van der Waals surface area contributed by atoms with Crippen LogP contribution in [0.4, 0.5) is 13.2 Å². The Morgan fingerprint density at radius 1 is 1.10 bits per heavy atom. The molecule has 0 aromatic heterocycles. The van der Waals surface area contributed by atoms with E-state index >= 15 is 0 Å². The van der Waals surface area contributed by atoms with Gasteiger partial charge in [0, 0.05) is 32.2 Å². The van der Waals surface area contributed by atoms with Crippen molar-refractivity contribution < 1.29 is 18.0 Å². The van der Waals surface area contributed by atoms with Gasteiger partial charge in [0.15, 0.2) is 11.6 Å². The summed E-state index contributed by atoms with van der Waals surface area (Å²) in [6, 6.07) is 10.2. The zero-order valence-electron chi connectivity index (χ0n) is 18.0. The van der Waals surface area contributed by atoms with Crippen molar-refractivity contribution in [3.05, 3.63) is 71.0 Å². The fraction of sp³-hybridized carbons (Fsp3) is 0.458. The molecule has 0 saturated carbocycles. The average Bonchev–Trinajstić information content (AvgIpc) is 3.12. The number of amides is 1. The van der Waals surface area contributed by atoms with E-state index in [2.05, 4.69) is 29.4 Å². The van der Waals surface area contributed by atoms with E-state index in [0.717, 1.165) is 12.6 Å². The highest BCUT2D eigenvalue weighted by molar-refractivity contribution is 5.82. The summed E-state index contributed by atoms with van der Waals surface area (Å²) < 4.78 is 40.3. The van der Waals surface area contributed by atoms with Crippen LogP contribution in [0.5, 0.6) is 0 Å². The molecule has 2 atom stereocenters. The van der Waals surface area contributed by atoms with Crippen LogP contribution in [0, 0.1) is 23.4 Å². The molecule has 1 fully saturated rings. The number of likely N-dealkylation sites (tertiary alicyclic amines) is 1. The van der Waals surface area contributed by atoms with E-state index in [-0.39, 0.29) is 23.8 Å². The Balaban J connectivity index is 1.55. The summed E-state index contributed by atoms with van der Waals surface area (Å²) in [7, 11) is 0. The molecule has 1 saturated heterocycles. The van der Waals surface area contributed by atoms with Gasteiger partial charge in [0.2, 0.25) is 5.91 Å². The molecule has 0 radical (unpaired) electrons. The third-order valence-corrected chi connectivity index (χ3v) is 5.54. The molecule has 0 bridgehead atoms. The minimum Gasteiger partial charge on any atom is -0.354 e. The van der Waals surface area contributed by atoms with E-state index in [1.54, 1.807) is 24.3 Å². The summed E-state index contributed by atoms with van der Waals surface area (Å²) in [6.45, 7) is 6.48. The molecule has 0 unspecified atom stereocenters. The number of benzene rings is 2. The molecule has 2 aromatic rings. The summed E-state index contributed by atoms with van der Waals surface area (Å²) in [4.78, 5) is 15.0. The molecule has 4 nitrogen and oxygen atoms in total. The van der Waals surface area contributed by atoms with E-state index < -0.39 is 11.6 Å². The molecule has 1 aliphatic heterocycles. The summed E-state index contributed by atoms with van der Waals surface area (Å²) in [6.07, 6.45) is 1.06. The van der Waals surface area contributed by atoms with Gasteiger partial charge in [0.05, 0.1) is 6.04 Å². The lowest BCUT2D eigenvalue weighted by molar-refractivity contribution is -0.125. The number of nitrogens with zero attached hydrogens (tertiary/aromatic N) is 1. The maximum Gasteiger partial charge on any atom is 0.237 e. The molecule has 0 aliphatic carbocycles. The predicted molar refractivity (Wildman–Crippen MR) is 115 cm³/mol. The number of halogens is 3. The molecule has 3 rings (SSSR count). The van der Waals surface area contributed by atoms with Crippen molar-refractivity contribution in [1.82, 2.24) is 15.5 Å². The van der Waals surface area contributed by atoms with Crippen LogP contribution in [-0.2, 0) is 17.8 Å². The summed E-state index contributed by atoms with van der Waals surface area (Å²) in [5, 5.41) is 6.31. The van der Waals surface area contributed by atoms with Gasteiger partial charge in [-0.2, -0.15) is 0 Å². The van der Waals surface area contributed by atoms with E-state index in [4.69, 9.17) is 0 Å². The minimum atomic E-state index is -0.862. The van der Waals surface area contributed by atoms with Crippen molar-refractivity contribution in [2.75, 3.05) is 19.6 Å². The quantitative estimate of drug-likeness (QED) is 0.635. The van der Waals surface area contributed by atoms with Crippen molar-refractivity contribution in [1.29, 1.82) is 0 Å². The van der Waals surface area contributed by atoms with Crippen LogP contribution in [0.3, 0.4) is 0 Å². The van der Waals surface area contributed by atoms with E-state index in [0.29, 0.717) is 49.5 Å². The maximum absolute atomic E-state index is 13.8. The number of carbonyl (C=O) groups is 1. The Labute approximate surface area is 181 Å². The monoisotopic (exact) mass is 433 g/mol. The molecule has 7 heteroatoms. The van der Waals surface area contributed by atoms with Gasteiger partial charge in [-0.15, -0.1) is 0 Å². The molecule has 0 spiro atoms. The second kappa shape index (κ2) is 10.8. The highest BCUT2D eigenvalue weighted by Gasteiger charge is 2.36. The second-order valence-corrected chi connectivity index (χ2v) is 8.56. The Morgan fingerprint density at radius 2 is 1.87 bits per heavy atom. The van der Waals surface area contributed by atoms with Crippen molar-refractivity contribution in [3.63, 3.8) is 0 Å². The van der Waals surface area contributed by atoms with Crippen LogP contribution in [-0.4, -0.2) is 42.5 Å². The van der Waals surface area contributed by atoms with Gasteiger partial charge in [0.1, 0.15) is 5.82 Å². The lowest BCUT2D eigenvalue weighted by Gasteiger charge is -2.25. The number of rotatable bonds is 9. The zero-order chi connectivity index (χ0) is 22.4. The third-order valence-electron chi connectivity index (χ3n) is 5.54. The molecule has 2 aromatic carbocycles. The second-order valence-electron chi connectivity index (χ2n) is 8.56. The maximum atomic E-state index is 13.8. The van der Waals surface area contributed by atoms with Crippen LogP contribution in [0.15, 0.2) is 42.5 Å². The number of hydrogen-bond acceptors (Lipinski definition) is 3. The van der Waals surface area contributed by atoms with Crippen molar-refractivity contribution in [2.24, 2.45) is 5.92 Å². The molecule has 2 N–H and O–H groups in total. The first-order valence-corrected chi connectivity index (χ1v) is 10.8. The molecule has 31 heavy (non-hydrogen) atoms. The van der Waals surface area contributed by atoms with Gasteiger partial charge in [-0.1, -0.05) is 38.1 Å². The minimum absolute atomic E-state index is 0.0610. The Bertz CT molecular complexity index is 890. The molecule has 1 amide bonds. The molecule has 1 heterocycles. The molecule has 1 aliphatic rings. The first-order valence-electron chi connectivity index (χ1n) is 10.8. The van der Waals surface area contributed by atoms with Crippen molar-refractivity contribution in [3.8, 4) is 0 Å². The van der Waals surface area contributed by atoms with Gasteiger partial charge in [-0.25, -0.2) is 13.2 Å². The molecular formula is C24H30F3N3O. The van der Waals surface area contributed by atoms with Gasteiger partial charge >= 0.3 is 0 Å². The van der Waals surface area contributed by atoms with Crippen LogP contribution >= 0.6 is 0 Å². The number of nitrogens with one attached hydrogen (secondary N) is 2. The molecule has 168 valence electrons. The molecular weight excluding hydrogens is 403 g/mol. The third kappa shape index (κ3) is 6.55. The Hall–Kier alpha value is -2.38. The fourth-order valence-electron chi connectivity index (χ4n) is 4.05. The predicted octanol–water partition coefficient (Wildman–Crippen LogP) is 3.65. The van der Waals surface area contributed by atoms with Gasteiger partial charge < -0.3 is 10.6 Å². The van der Waals surface area contributed by atoms with Crippen molar-refractivity contribution >= 4 is 5.91 Å². The summed E-state index contributed by atoms with van der Waals surface area (Å²) >= 11 is 0. The van der Waals surface area contributed by atoms with Gasteiger partial charge in [0.25, 0.3) is 0 Å². The zero-order valence-corrected chi connectivity index (χ0v) is 18.0. The largest absolute Gasteiger partial charge is 0.354 e. The normalized spacial score (nSPS) is 19.2. The highest BCUT2D eigenvalue weighted by Crippen LogP contribution is 2.20. The van der Waals surface area contributed by atoms with Crippen molar-refractivity contribution in [2.45, 2.75) is 45.3 Å². The lowest BCUT2D eigenvalue weighted by atomic mass is 10.1. The fourth-order valence-corrected chi connectivity index (χ4v) is 4.05. The van der Waals surface area contributed by atoms with Crippen LogP contribution in [0.1, 0.15) is 31.4 Å². The van der Waals surface area contributed by atoms with Crippen LogP contribution in [0.2, 0.25) is 0 Å². The first-order chi connectivity index (χ1) is 14.8. The SMILES string of the molecule is CC(C)CN1C[C@H](NCc2ccc(F)c(F)c2)C[C@H]1C(=O)NCCc1ccccc1F. The van der Waals surface area contributed by atoms with E-state index in [1.807, 2.05) is 0 Å². The highest BCUT2D eigenvalue weighted by atomic mass is 19.2. The standard InChI is InChI=1S/C24H30F3N3O/c1-16(2)14-30-15-19(29-13-17-7-8-21(26)22(27)11-17)12-23(30)24(31)28-10-9-18-5-3-4-6-20(18)25/h3-8,11,16,19,23,29H,9-10,12-15H2,1-2H3,(H,28,31)/t19-,23+/m1/s1. The smallest absolute Gasteiger partial charge is 0.237 e. The van der Waals surface area contributed by atoms with Gasteiger partial charge in [-0.3, -0.25) is 9.69 Å². The topological polar surface area (TPSA) is 44.4 Å². The Morgan fingerprint density at radius 3 is 2.58 bits per heavy atom. The number of carbonyl (C=O) groups excluding carboxylic acids is 1. The van der Waals surface area contributed by atoms with Crippen LogP contribution < -0.4 is 10.6 Å². The summed E-state index contributed by atoms with van der Waals surface area (Å²) in [5.41, 5.74) is 1.24. The van der Waals surface area contributed by atoms with Crippen LogP contribution in [0.25, 0.3) is 0 Å². The average molecular weight is 434 g/mol. The Kier molecular flexibility index (Phi) is 8.09. The number of hydrogen-bond donors (Lipinski definition) is 2. The van der Waals surface area contributed by atoms with E-state index in [1.165, 1.54) is 12.1 Å². The lowest BCUT2D eigenvalue weighted by Crippen LogP contribution is -2.45. The van der Waals surface area contributed by atoms with E-state index in [9.17, 15) is 18.0 Å². The summed E-state index contributed by atoms with van der Waals surface area (Å²) in [5.74, 6) is -1.65. The first kappa shape index (κ1) is 23.3.